The Morgan fingerprint density at radius 3 is 2.84 bits per heavy atom. The highest BCUT2D eigenvalue weighted by atomic mass is 32.3. The molecular formula is C11H19N3O2S3. The van der Waals surface area contributed by atoms with Crippen LogP contribution in [0.3, 0.4) is 0 Å². The van der Waals surface area contributed by atoms with E-state index >= 15 is 0 Å². The van der Waals surface area contributed by atoms with E-state index < -0.39 is 10.0 Å². The molecule has 5 nitrogen and oxygen atoms in total. The molecule has 0 saturated heterocycles. The fourth-order valence-corrected chi connectivity index (χ4v) is 5.40. The summed E-state index contributed by atoms with van der Waals surface area (Å²) in [4.78, 5) is 2.37. The zero-order chi connectivity index (χ0) is 14.0. The number of nitrogens with one attached hydrogen (secondary N) is 1. The zero-order valence-corrected chi connectivity index (χ0v) is 13.5. The Morgan fingerprint density at radius 2 is 2.26 bits per heavy atom. The number of sulfonamides is 1. The van der Waals surface area contributed by atoms with Gasteiger partial charge in [-0.2, -0.15) is 0 Å². The predicted molar refractivity (Wildman–Crippen MR) is 79.8 cm³/mol. The number of hydrogen-bond donors (Lipinski definition) is 2. The number of thiophene rings is 1. The largest absolute Gasteiger partial charge is 0.295 e. The van der Waals surface area contributed by atoms with E-state index in [1.807, 2.05) is 0 Å². The lowest BCUT2D eigenvalue weighted by Gasteiger charge is -2.33. The molecule has 2 heterocycles. The molecule has 0 spiro atoms. The maximum atomic E-state index is 11.5. The Labute approximate surface area is 122 Å². The number of nitrogens with zero attached hydrogens (tertiary/aromatic N) is 1. The second-order valence-electron chi connectivity index (χ2n) is 4.45. The second kappa shape index (κ2) is 6.11. The highest BCUT2D eigenvalue weighted by Crippen LogP contribution is 2.41. The highest BCUT2D eigenvalue weighted by molar-refractivity contribution is 8.00. The monoisotopic (exact) mass is 321 g/mol. The number of rotatable bonds is 5. The van der Waals surface area contributed by atoms with Gasteiger partial charge in [-0.25, -0.2) is 13.6 Å². The van der Waals surface area contributed by atoms with Crippen molar-refractivity contribution in [3.8, 4) is 0 Å². The molecule has 0 aliphatic carbocycles. The summed E-state index contributed by atoms with van der Waals surface area (Å²) in [6.45, 7) is 7.06. The molecule has 0 aromatic carbocycles. The number of nitrogens with two attached hydrogens (primary N) is 1. The van der Waals surface area contributed by atoms with Gasteiger partial charge in [-0.1, -0.05) is 13.8 Å². The van der Waals surface area contributed by atoms with Crippen molar-refractivity contribution in [2.75, 3.05) is 19.6 Å². The Bertz CT molecular complexity index is 541. The zero-order valence-electron chi connectivity index (χ0n) is 11.0. The molecule has 0 bridgehead atoms. The van der Waals surface area contributed by atoms with Gasteiger partial charge in [-0.3, -0.25) is 9.62 Å². The molecule has 1 aromatic heterocycles. The molecule has 108 valence electrons. The second-order valence-corrected chi connectivity index (χ2v) is 8.45. The molecule has 0 radical (unpaired) electrons. The topological polar surface area (TPSA) is 75.4 Å². The van der Waals surface area contributed by atoms with Crippen molar-refractivity contribution in [3.63, 3.8) is 0 Å². The van der Waals surface area contributed by atoms with Crippen molar-refractivity contribution in [2.24, 2.45) is 5.14 Å². The van der Waals surface area contributed by atoms with Crippen LogP contribution in [-0.4, -0.2) is 33.0 Å². The minimum atomic E-state index is -3.61. The molecule has 1 aromatic rings. The fourth-order valence-electron chi connectivity index (χ4n) is 2.26. The SMILES string of the molecule is CCCN(CC)C1CNSc2sc(S(N)(=O)=O)cc21. The minimum Gasteiger partial charge on any atom is -0.295 e. The van der Waals surface area contributed by atoms with Crippen LogP contribution in [0.25, 0.3) is 0 Å². The van der Waals surface area contributed by atoms with Crippen LogP contribution in [0.4, 0.5) is 0 Å². The van der Waals surface area contributed by atoms with Crippen LogP contribution in [0, 0.1) is 0 Å². The Hall–Kier alpha value is -0.120. The summed E-state index contributed by atoms with van der Waals surface area (Å²) in [6.07, 6.45) is 1.08. The van der Waals surface area contributed by atoms with E-state index in [1.54, 1.807) is 6.07 Å². The van der Waals surface area contributed by atoms with Crippen LogP contribution < -0.4 is 9.86 Å². The number of primary sulfonamides is 1. The summed E-state index contributed by atoms with van der Waals surface area (Å²) in [5.74, 6) is 0. The van der Waals surface area contributed by atoms with Gasteiger partial charge >= 0.3 is 0 Å². The third kappa shape index (κ3) is 3.32. The van der Waals surface area contributed by atoms with E-state index in [9.17, 15) is 8.42 Å². The third-order valence-electron chi connectivity index (χ3n) is 3.14. The molecule has 1 atom stereocenters. The first-order valence-electron chi connectivity index (χ1n) is 6.27. The predicted octanol–water partition coefficient (Wildman–Crippen LogP) is 1.78. The van der Waals surface area contributed by atoms with E-state index in [0.717, 1.165) is 35.8 Å². The van der Waals surface area contributed by atoms with Crippen molar-refractivity contribution >= 4 is 33.3 Å². The Balaban J connectivity index is 2.36. The van der Waals surface area contributed by atoms with Gasteiger partial charge in [-0.15, -0.1) is 11.3 Å². The summed E-state index contributed by atoms with van der Waals surface area (Å²) in [7, 11) is -3.61. The van der Waals surface area contributed by atoms with Crippen molar-refractivity contribution in [1.82, 2.24) is 9.62 Å². The average Bonchev–Trinajstić information content (AvgIpc) is 2.79. The summed E-state index contributed by atoms with van der Waals surface area (Å²) in [6, 6.07) is 1.97. The Morgan fingerprint density at radius 1 is 1.53 bits per heavy atom. The van der Waals surface area contributed by atoms with Gasteiger partial charge < -0.3 is 0 Å². The maximum Gasteiger partial charge on any atom is 0.247 e. The number of hydrogen-bond acceptors (Lipinski definition) is 6. The third-order valence-corrected chi connectivity index (χ3v) is 6.74. The van der Waals surface area contributed by atoms with Crippen LogP contribution in [0.5, 0.6) is 0 Å². The van der Waals surface area contributed by atoms with Crippen molar-refractivity contribution < 1.29 is 8.42 Å². The number of fused-ring (bicyclic) bond motifs is 1. The lowest BCUT2D eigenvalue weighted by molar-refractivity contribution is 0.206. The van der Waals surface area contributed by atoms with Gasteiger partial charge in [0.2, 0.25) is 10.0 Å². The van der Waals surface area contributed by atoms with E-state index in [0.29, 0.717) is 0 Å². The minimum absolute atomic E-state index is 0.230. The average molecular weight is 321 g/mol. The molecule has 1 aliphatic heterocycles. The molecule has 0 fully saturated rings. The summed E-state index contributed by atoms with van der Waals surface area (Å²) in [5.41, 5.74) is 1.09. The van der Waals surface area contributed by atoms with Crippen LogP contribution >= 0.6 is 23.3 Å². The molecule has 0 amide bonds. The molecule has 2 rings (SSSR count). The van der Waals surface area contributed by atoms with Gasteiger partial charge in [-0.05, 0) is 43.1 Å². The van der Waals surface area contributed by atoms with E-state index in [1.165, 1.54) is 23.3 Å². The van der Waals surface area contributed by atoms with Gasteiger partial charge in [0.1, 0.15) is 4.21 Å². The quantitative estimate of drug-likeness (QED) is 0.809. The van der Waals surface area contributed by atoms with E-state index in [2.05, 4.69) is 23.5 Å². The standard InChI is InChI=1S/C11H19N3O2S3/c1-3-5-14(4-2)9-7-13-18-11-8(9)6-10(17-11)19(12,15)16/h6,9,13H,3-5,7H2,1-2H3,(H2,12,15,16). The molecule has 19 heavy (non-hydrogen) atoms. The van der Waals surface area contributed by atoms with E-state index in [-0.39, 0.29) is 10.3 Å². The highest BCUT2D eigenvalue weighted by Gasteiger charge is 2.29. The number of likely N-dealkylation sites (N-methyl/N-ethyl adjacent to an activating group) is 1. The first-order chi connectivity index (χ1) is 8.97. The summed E-state index contributed by atoms with van der Waals surface area (Å²) >= 11 is 2.75. The van der Waals surface area contributed by atoms with Crippen molar-refractivity contribution in [2.45, 2.75) is 34.7 Å². The van der Waals surface area contributed by atoms with Gasteiger partial charge in [0, 0.05) is 6.54 Å². The van der Waals surface area contributed by atoms with Crippen LogP contribution in [0.15, 0.2) is 14.5 Å². The molecule has 1 aliphatic rings. The van der Waals surface area contributed by atoms with Gasteiger partial charge in [0.15, 0.2) is 0 Å². The maximum absolute atomic E-state index is 11.5. The molecule has 8 heteroatoms. The Kier molecular flexibility index (Phi) is 4.91. The lowest BCUT2D eigenvalue weighted by Crippen LogP contribution is -2.36. The van der Waals surface area contributed by atoms with Gasteiger partial charge in [0.25, 0.3) is 0 Å². The fraction of sp³-hybridized carbons (Fsp3) is 0.636. The van der Waals surface area contributed by atoms with Crippen LogP contribution in [-0.2, 0) is 10.0 Å². The smallest absolute Gasteiger partial charge is 0.247 e. The van der Waals surface area contributed by atoms with Crippen LogP contribution in [0.1, 0.15) is 31.9 Å². The first kappa shape index (κ1) is 15.3. The normalized spacial score (nSPS) is 19.7. The summed E-state index contributed by atoms with van der Waals surface area (Å²) in [5, 5.41) is 5.22. The van der Waals surface area contributed by atoms with Crippen molar-refractivity contribution in [3.05, 3.63) is 11.6 Å². The first-order valence-corrected chi connectivity index (χ1v) is 9.45. The van der Waals surface area contributed by atoms with Crippen LogP contribution in [0.2, 0.25) is 0 Å². The molecule has 0 saturated carbocycles. The summed E-state index contributed by atoms with van der Waals surface area (Å²) < 4.78 is 27.5. The van der Waals surface area contributed by atoms with Gasteiger partial charge in [0.05, 0.1) is 10.3 Å². The van der Waals surface area contributed by atoms with Crippen molar-refractivity contribution in [1.29, 1.82) is 0 Å². The van der Waals surface area contributed by atoms with E-state index in [4.69, 9.17) is 5.14 Å². The lowest BCUT2D eigenvalue weighted by atomic mass is 10.1. The molecule has 1 unspecified atom stereocenters. The molecule has 3 N–H and O–H groups in total. The molecular weight excluding hydrogens is 302 g/mol.